The van der Waals surface area contributed by atoms with Crippen LogP contribution in [-0.2, 0) is 15.1 Å². The Labute approximate surface area is 123 Å². The second-order valence-electron chi connectivity index (χ2n) is 4.70. The summed E-state index contributed by atoms with van der Waals surface area (Å²) in [5.41, 5.74) is -0.0455. The van der Waals surface area contributed by atoms with E-state index in [1.807, 2.05) is 30.3 Å². The number of benzene rings is 1. The number of nitrogens with zero attached hydrogens (tertiary/aromatic N) is 1. The maximum atomic E-state index is 13.1. The molecule has 0 spiro atoms. The van der Waals surface area contributed by atoms with Crippen LogP contribution >= 0.6 is 0 Å². The predicted molar refractivity (Wildman–Crippen MR) is 78.2 cm³/mol. The molecular weight excluding hydrogens is 271 g/mol. The van der Waals surface area contributed by atoms with Crippen LogP contribution < -0.4 is 5.32 Å². The molecule has 21 heavy (non-hydrogen) atoms. The van der Waals surface area contributed by atoms with Crippen LogP contribution in [-0.4, -0.2) is 17.6 Å². The van der Waals surface area contributed by atoms with Gasteiger partial charge in [-0.15, -0.1) is 0 Å². The Balaban J connectivity index is 2.38. The summed E-state index contributed by atoms with van der Waals surface area (Å²) in [5, 5.41) is 3.12. The summed E-state index contributed by atoms with van der Waals surface area (Å²) in [6, 6.07) is 12.0. The monoisotopic (exact) mass is 288 g/mol. The first kappa shape index (κ1) is 15.0. The molecule has 0 aliphatic rings. The first-order chi connectivity index (χ1) is 10.1. The van der Waals surface area contributed by atoms with Gasteiger partial charge in [0.05, 0.1) is 18.5 Å². The van der Waals surface area contributed by atoms with E-state index in [1.54, 1.807) is 13.8 Å². The molecule has 110 valence electrons. The van der Waals surface area contributed by atoms with Crippen molar-refractivity contribution in [3.05, 3.63) is 60.2 Å². The van der Waals surface area contributed by atoms with E-state index in [1.165, 1.54) is 12.1 Å². The quantitative estimate of drug-likeness (QED) is 0.859. The van der Waals surface area contributed by atoms with Crippen LogP contribution in [0.25, 0.3) is 0 Å². The molecule has 0 saturated carbocycles. The lowest BCUT2D eigenvalue weighted by Crippen LogP contribution is -2.42. The van der Waals surface area contributed by atoms with E-state index in [2.05, 4.69) is 10.3 Å². The number of carbonyl (C=O) groups is 1. The fourth-order valence-corrected chi connectivity index (χ4v) is 1.98. The molecule has 1 aromatic heterocycles. The maximum absolute atomic E-state index is 13.1. The molecule has 0 fully saturated rings. The molecule has 0 amide bonds. The Morgan fingerprint density at radius 2 is 2.00 bits per heavy atom. The van der Waals surface area contributed by atoms with Crippen LogP contribution in [0.2, 0.25) is 0 Å². The van der Waals surface area contributed by atoms with Gasteiger partial charge >= 0.3 is 5.97 Å². The average Bonchev–Trinajstić information content (AvgIpc) is 2.49. The van der Waals surface area contributed by atoms with Gasteiger partial charge in [0.2, 0.25) is 0 Å². The molecule has 1 unspecified atom stereocenters. The number of nitrogens with one attached hydrogen (secondary N) is 1. The molecule has 1 atom stereocenters. The van der Waals surface area contributed by atoms with Gasteiger partial charge in [-0.3, -0.25) is 4.98 Å². The molecule has 2 aromatic rings. The van der Waals surface area contributed by atoms with Gasteiger partial charge < -0.3 is 10.1 Å². The third kappa shape index (κ3) is 3.37. The molecule has 1 heterocycles. The summed E-state index contributed by atoms with van der Waals surface area (Å²) in [6.07, 6.45) is 1.08. The summed E-state index contributed by atoms with van der Waals surface area (Å²) in [7, 11) is 0. The summed E-state index contributed by atoms with van der Waals surface area (Å²) in [5.74, 6) is -0.919. The van der Waals surface area contributed by atoms with E-state index >= 15 is 0 Å². The van der Waals surface area contributed by atoms with E-state index < -0.39 is 17.3 Å². The molecule has 1 aromatic carbocycles. The Morgan fingerprint density at radius 1 is 1.29 bits per heavy atom. The van der Waals surface area contributed by atoms with Crippen LogP contribution in [0.15, 0.2) is 48.7 Å². The van der Waals surface area contributed by atoms with E-state index in [0.29, 0.717) is 5.69 Å². The predicted octanol–water partition coefficient (Wildman–Crippen LogP) is 3.11. The number of para-hydroxylation sites is 1. The molecule has 0 aliphatic carbocycles. The minimum absolute atomic E-state index is 0.256. The van der Waals surface area contributed by atoms with Crippen LogP contribution in [0.5, 0.6) is 0 Å². The Hall–Kier alpha value is -2.43. The maximum Gasteiger partial charge on any atom is 0.337 e. The Kier molecular flexibility index (Phi) is 4.52. The summed E-state index contributed by atoms with van der Waals surface area (Å²) >= 11 is 0. The van der Waals surface area contributed by atoms with Crippen LogP contribution in [0, 0.1) is 5.82 Å². The highest BCUT2D eigenvalue weighted by Gasteiger charge is 2.38. The highest BCUT2D eigenvalue weighted by Crippen LogP contribution is 2.26. The molecule has 0 radical (unpaired) electrons. The minimum atomic E-state index is -1.19. The number of rotatable bonds is 5. The van der Waals surface area contributed by atoms with Crippen molar-refractivity contribution in [2.75, 3.05) is 11.9 Å². The topological polar surface area (TPSA) is 51.2 Å². The number of carbonyl (C=O) groups excluding carboxylic acids is 1. The highest BCUT2D eigenvalue weighted by atomic mass is 19.1. The standard InChI is InChI=1S/C16H17FN2O2/c1-3-21-15(20)16(2,14-10-9-12(17)11-18-14)19-13-7-5-4-6-8-13/h4-11,19H,3H2,1-2H3. The molecule has 1 N–H and O–H groups in total. The normalized spacial score (nSPS) is 13.3. The van der Waals surface area contributed by atoms with Crippen LogP contribution in [0.4, 0.5) is 10.1 Å². The fraction of sp³-hybridized carbons (Fsp3) is 0.250. The van der Waals surface area contributed by atoms with Gasteiger partial charge in [-0.1, -0.05) is 18.2 Å². The van der Waals surface area contributed by atoms with Crippen molar-refractivity contribution in [2.24, 2.45) is 0 Å². The largest absolute Gasteiger partial charge is 0.464 e. The molecule has 0 aliphatic heterocycles. The molecule has 2 rings (SSSR count). The van der Waals surface area contributed by atoms with E-state index in [4.69, 9.17) is 4.74 Å². The lowest BCUT2D eigenvalue weighted by molar-refractivity contribution is -0.148. The molecule has 4 nitrogen and oxygen atoms in total. The van der Waals surface area contributed by atoms with E-state index in [-0.39, 0.29) is 6.61 Å². The van der Waals surface area contributed by atoms with Crippen molar-refractivity contribution in [1.82, 2.24) is 4.98 Å². The third-order valence-electron chi connectivity index (χ3n) is 3.09. The zero-order valence-electron chi connectivity index (χ0n) is 12.0. The smallest absolute Gasteiger partial charge is 0.337 e. The number of aromatic nitrogens is 1. The minimum Gasteiger partial charge on any atom is -0.464 e. The fourth-order valence-electron chi connectivity index (χ4n) is 1.98. The van der Waals surface area contributed by atoms with Crippen molar-refractivity contribution in [2.45, 2.75) is 19.4 Å². The van der Waals surface area contributed by atoms with Crippen LogP contribution in [0.3, 0.4) is 0 Å². The first-order valence-corrected chi connectivity index (χ1v) is 6.68. The molecular formula is C16H17FN2O2. The zero-order chi connectivity index (χ0) is 15.3. The lowest BCUT2D eigenvalue weighted by Gasteiger charge is -2.29. The van der Waals surface area contributed by atoms with Crippen molar-refractivity contribution in [3.8, 4) is 0 Å². The number of esters is 1. The van der Waals surface area contributed by atoms with Gasteiger partial charge in [-0.25, -0.2) is 9.18 Å². The van der Waals surface area contributed by atoms with Crippen molar-refractivity contribution < 1.29 is 13.9 Å². The second-order valence-corrected chi connectivity index (χ2v) is 4.70. The highest BCUT2D eigenvalue weighted by molar-refractivity contribution is 5.85. The number of hydrogen-bond acceptors (Lipinski definition) is 4. The van der Waals surface area contributed by atoms with Gasteiger partial charge in [0.1, 0.15) is 5.82 Å². The summed E-state index contributed by atoms with van der Waals surface area (Å²) < 4.78 is 18.2. The Bertz CT molecular complexity index is 601. The number of anilines is 1. The SMILES string of the molecule is CCOC(=O)C(C)(Nc1ccccc1)c1ccc(F)cn1. The first-order valence-electron chi connectivity index (χ1n) is 6.68. The average molecular weight is 288 g/mol. The summed E-state index contributed by atoms with van der Waals surface area (Å²) in [6.45, 7) is 3.66. The van der Waals surface area contributed by atoms with Gasteiger partial charge in [-0.2, -0.15) is 0 Å². The molecule has 0 bridgehead atoms. The van der Waals surface area contributed by atoms with Crippen molar-refractivity contribution in [1.29, 1.82) is 0 Å². The number of ether oxygens (including phenoxy) is 1. The zero-order valence-corrected chi connectivity index (χ0v) is 12.0. The molecule has 5 heteroatoms. The number of pyridine rings is 1. The lowest BCUT2D eigenvalue weighted by atomic mass is 9.96. The van der Waals surface area contributed by atoms with E-state index in [0.717, 1.165) is 11.9 Å². The van der Waals surface area contributed by atoms with Crippen LogP contribution in [0.1, 0.15) is 19.5 Å². The number of hydrogen-bond donors (Lipinski definition) is 1. The van der Waals surface area contributed by atoms with Crippen molar-refractivity contribution >= 4 is 11.7 Å². The third-order valence-corrected chi connectivity index (χ3v) is 3.09. The number of halogens is 1. The second kappa shape index (κ2) is 6.35. The summed E-state index contributed by atoms with van der Waals surface area (Å²) in [4.78, 5) is 16.3. The van der Waals surface area contributed by atoms with E-state index in [9.17, 15) is 9.18 Å². The van der Waals surface area contributed by atoms with Gasteiger partial charge in [0, 0.05) is 5.69 Å². The van der Waals surface area contributed by atoms with Gasteiger partial charge in [0.15, 0.2) is 5.54 Å². The van der Waals surface area contributed by atoms with Gasteiger partial charge in [0.25, 0.3) is 0 Å². The van der Waals surface area contributed by atoms with Gasteiger partial charge in [-0.05, 0) is 38.1 Å². The van der Waals surface area contributed by atoms with Crippen molar-refractivity contribution in [3.63, 3.8) is 0 Å². The molecule has 0 saturated heterocycles. The Morgan fingerprint density at radius 3 is 2.57 bits per heavy atom.